The Morgan fingerprint density at radius 3 is 2.35 bits per heavy atom. The molecule has 0 bridgehead atoms. The van der Waals surface area contributed by atoms with Gasteiger partial charge >= 0.3 is 0 Å². The standard InChI is InChI=1S/C13H12FN.C2H6/c1-9-3-4-10(2)13(5-9)11-6-12(14)8-15-7-11;1-2/h3-8H,1-2H3;1-2H3. The monoisotopic (exact) mass is 231 g/mol. The molecular weight excluding hydrogens is 213 g/mol. The quantitative estimate of drug-likeness (QED) is 0.702. The van der Waals surface area contributed by atoms with Gasteiger partial charge in [0.1, 0.15) is 5.82 Å². The van der Waals surface area contributed by atoms with E-state index in [9.17, 15) is 4.39 Å². The average molecular weight is 231 g/mol. The van der Waals surface area contributed by atoms with Crippen molar-refractivity contribution >= 4 is 0 Å². The van der Waals surface area contributed by atoms with Gasteiger partial charge in [-0.1, -0.05) is 37.6 Å². The molecule has 0 radical (unpaired) electrons. The van der Waals surface area contributed by atoms with Crippen molar-refractivity contribution in [2.75, 3.05) is 0 Å². The van der Waals surface area contributed by atoms with E-state index in [-0.39, 0.29) is 5.82 Å². The minimum Gasteiger partial charge on any atom is -0.261 e. The number of rotatable bonds is 1. The fourth-order valence-corrected chi connectivity index (χ4v) is 1.61. The Hall–Kier alpha value is -1.70. The average Bonchev–Trinajstić information content (AvgIpc) is 2.35. The maximum absolute atomic E-state index is 13.0. The van der Waals surface area contributed by atoms with E-state index in [1.807, 2.05) is 45.9 Å². The third-order valence-corrected chi connectivity index (χ3v) is 2.41. The van der Waals surface area contributed by atoms with E-state index in [2.05, 4.69) is 4.98 Å². The lowest BCUT2D eigenvalue weighted by Crippen LogP contribution is -1.87. The maximum atomic E-state index is 13.0. The van der Waals surface area contributed by atoms with Crippen molar-refractivity contribution < 1.29 is 4.39 Å². The molecule has 2 aromatic rings. The van der Waals surface area contributed by atoms with Gasteiger partial charge < -0.3 is 0 Å². The van der Waals surface area contributed by atoms with Gasteiger partial charge in [0, 0.05) is 11.8 Å². The summed E-state index contributed by atoms with van der Waals surface area (Å²) in [4.78, 5) is 3.86. The Morgan fingerprint density at radius 1 is 1.00 bits per heavy atom. The molecule has 0 saturated heterocycles. The second-order valence-corrected chi connectivity index (χ2v) is 3.71. The van der Waals surface area contributed by atoms with Crippen LogP contribution in [0.15, 0.2) is 36.7 Å². The van der Waals surface area contributed by atoms with Gasteiger partial charge in [-0.05, 0) is 31.0 Å². The summed E-state index contributed by atoms with van der Waals surface area (Å²) in [5.41, 5.74) is 4.17. The fraction of sp³-hybridized carbons (Fsp3) is 0.267. The van der Waals surface area contributed by atoms with Gasteiger partial charge in [-0.3, -0.25) is 4.98 Å². The molecule has 0 atom stereocenters. The number of hydrogen-bond acceptors (Lipinski definition) is 1. The van der Waals surface area contributed by atoms with Crippen LogP contribution >= 0.6 is 0 Å². The Balaban J connectivity index is 0.000000686. The van der Waals surface area contributed by atoms with Crippen molar-refractivity contribution in [1.82, 2.24) is 4.98 Å². The Labute approximate surface area is 102 Å². The largest absolute Gasteiger partial charge is 0.261 e. The first-order valence-corrected chi connectivity index (χ1v) is 5.85. The van der Waals surface area contributed by atoms with Crippen molar-refractivity contribution in [1.29, 1.82) is 0 Å². The van der Waals surface area contributed by atoms with Gasteiger partial charge in [0.05, 0.1) is 6.20 Å². The van der Waals surface area contributed by atoms with E-state index >= 15 is 0 Å². The van der Waals surface area contributed by atoms with Crippen LogP contribution in [0, 0.1) is 19.7 Å². The minimum atomic E-state index is -0.298. The van der Waals surface area contributed by atoms with Gasteiger partial charge in [0.2, 0.25) is 0 Å². The SMILES string of the molecule is CC.Cc1ccc(C)c(-c2cncc(F)c2)c1. The maximum Gasteiger partial charge on any atom is 0.142 e. The molecule has 0 amide bonds. The number of halogens is 1. The fourth-order valence-electron chi connectivity index (χ4n) is 1.61. The van der Waals surface area contributed by atoms with E-state index in [1.165, 1.54) is 17.8 Å². The molecule has 0 aliphatic rings. The summed E-state index contributed by atoms with van der Waals surface area (Å²) >= 11 is 0. The third kappa shape index (κ3) is 3.38. The minimum absolute atomic E-state index is 0.298. The lowest BCUT2D eigenvalue weighted by Gasteiger charge is -2.06. The molecule has 0 spiro atoms. The molecule has 0 aliphatic heterocycles. The Kier molecular flexibility index (Phi) is 4.83. The van der Waals surface area contributed by atoms with Crippen LogP contribution < -0.4 is 0 Å². The zero-order valence-electron chi connectivity index (χ0n) is 10.8. The van der Waals surface area contributed by atoms with E-state index < -0.39 is 0 Å². The molecule has 1 aromatic carbocycles. The number of pyridine rings is 1. The number of hydrogen-bond donors (Lipinski definition) is 0. The van der Waals surface area contributed by atoms with E-state index in [4.69, 9.17) is 0 Å². The molecule has 0 saturated carbocycles. The molecule has 0 unspecified atom stereocenters. The molecular formula is C15H18FN. The first-order chi connectivity index (χ1) is 8.16. The molecule has 0 fully saturated rings. The van der Waals surface area contributed by atoms with Crippen LogP contribution in [-0.4, -0.2) is 4.98 Å². The molecule has 1 heterocycles. The van der Waals surface area contributed by atoms with Crippen molar-refractivity contribution in [2.45, 2.75) is 27.7 Å². The zero-order valence-corrected chi connectivity index (χ0v) is 10.8. The molecule has 1 nitrogen and oxygen atoms in total. The first-order valence-electron chi connectivity index (χ1n) is 5.85. The van der Waals surface area contributed by atoms with Crippen molar-refractivity contribution in [3.05, 3.63) is 53.6 Å². The Bertz CT molecular complexity index is 492. The number of aryl methyl sites for hydroxylation is 2. The highest BCUT2D eigenvalue weighted by Crippen LogP contribution is 2.24. The summed E-state index contributed by atoms with van der Waals surface area (Å²) in [6.45, 7) is 8.04. The van der Waals surface area contributed by atoms with E-state index in [0.717, 1.165) is 16.7 Å². The van der Waals surface area contributed by atoms with Gasteiger partial charge in [-0.2, -0.15) is 0 Å². The number of nitrogens with zero attached hydrogens (tertiary/aromatic N) is 1. The predicted octanol–water partition coefficient (Wildman–Crippen LogP) is 4.53. The van der Waals surface area contributed by atoms with Gasteiger partial charge in [0.25, 0.3) is 0 Å². The van der Waals surface area contributed by atoms with Crippen molar-refractivity contribution in [2.24, 2.45) is 0 Å². The van der Waals surface area contributed by atoms with Crippen LogP contribution in [0.2, 0.25) is 0 Å². The highest BCUT2D eigenvalue weighted by Gasteiger charge is 2.03. The zero-order chi connectivity index (χ0) is 12.8. The smallest absolute Gasteiger partial charge is 0.142 e. The lowest BCUT2D eigenvalue weighted by atomic mass is 10.00. The normalized spacial score (nSPS) is 9.47. The van der Waals surface area contributed by atoms with Crippen molar-refractivity contribution in [3.8, 4) is 11.1 Å². The first kappa shape index (κ1) is 13.4. The molecule has 0 N–H and O–H groups in total. The molecule has 0 aliphatic carbocycles. The molecule has 2 heteroatoms. The van der Waals surface area contributed by atoms with Crippen LogP contribution in [0.25, 0.3) is 11.1 Å². The Morgan fingerprint density at radius 2 is 1.71 bits per heavy atom. The van der Waals surface area contributed by atoms with Crippen LogP contribution in [-0.2, 0) is 0 Å². The highest BCUT2D eigenvalue weighted by atomic mass is 19.1. The van der Waals surface area contributed by atoms with E-state index in [0.29, 0.717) is 0 Å². The van der Waals surface area contributed by atoms with Crippen LogP contribution in [0.1, 0.15) is 25.0 Å². The third-order valence-electron chi connectivity index (χ3n) is 2.41. The van der Waals surface area contributed by atoms with E-state index in [1.54, 1.807) is 6.20 Å². The van der Waals surface area contributed by atoms with Gasteiger partial charge in [-0.25, -0.2) is 4.39 Å². The van der Waals surface area contributed by atoms with Gasteiger partial charge in [0.15, 0.2) is 0 Å². The second kappa shape index (κ2) is 6.14. The summed E-state index contributed by atoms with van der Waals surface area (Å²) in [6, 6.07) is 7.64. The van der Waals surface area contributed by atoms with Crippen LogP contribution in [0.4, 0.5) is 4.39 Å². The number of aromatic nitrogens is 1. The lowest BCUT2D eigenvalue weighted by molar-refractivity contribution is 0.622. The summed E-state index contributed by atoms with van der Waals surface area (Å²) in [6.07, 6.45) is 2.90. The second-order valence-electron chi connectivity index (χ2n) is 3.71. The van der Waals surface area contributed by atoms with Gasteiger partial charge in [-0.15, -0.1) is 0 Å². The molecule has 90 valence electrons. The highest BCUT2D eigenvalue weighted by molar-refractivity contribution is 5.67. The summed E-state index contributed by atoms with van der Waals surface area (Å²) in [5, 5.41) is 0. The predicted molar refractivity (Wildman–Crippen MR) is 70.5 cm³/mol. The molecule has 17 heavy (non-hydrogen) atoms. The van der Waals surface area contributed by atoms with Crippen LogP contribution in [0.5, 0.6) is 0 Å². The molecule has 1 aromatic heterocycles. The number of benzene rings is 1. The van der Waals surface area contributed by atoms with Crippen LogP contribution in [0.3, 0.4) is 0 Å². The topological polar surface area (TPSA) is 12.9 Å². The summed E-state index contributed by atoms with van der Waals surface area (Å²) in [7, 11) is 0. The summed E-state index contributed by atoms with van der Waals surface area (Å²) < 4.78 is 13.0. The molecule has 2 rings (SSSR count). The van der Waals surface area contributed by atoms with Crippen molar-refractivity contribution in [3.63, 3.8) is 0 Å². The summed E-state index contributed by atoms with van der Waals surface area (Å²) in [5.74, 6) is -0.298.